The van der Waals surface area contributed by atoms with Crippen LogP contribution in [0.2, 0.25) is 0 Å². The number of aryl methyl sites for hydroxylation is 2. The van der Waals surface area contributed by atoms with E-state index in [-0.39, 0.29) is 16.7 Å². The van der Waals surface area contributed by atoms with Gasteiger partial charge in [-0.05, 0) is 36.3 Å². The summed E-state index contributed by atoms with van der Waals surface area (Å²) in [5.41, 5.74) is 3.12. The Hall–Kier alpha value is -2.96. The summed E-state index contributed by atoms with van der Waals surface area (Å²) in [7, 11) is 1.90. The van der Waals surface area contributed by atoms with Crippen molar-refractivity contribution in [3.05, 3.63) is 47.4 Å². The van der Waals surface area contributed by atoms with Crippen LogP contribution < -0.4 is 4.90 Å². The number of nitrogens with zero attached hydrogens (tertiary/aromatic N) is 6. The Morgan fingerprint density at radius 1 is 1.00 bits per heavy atom. The van der Waals surface area contributed by atoms with Gasteiger partial charge < -0.3 is 9.80 Å². The highest BCUT2D eigenvalue weighted by atomic mass is 16.2. The van der Waals surface area contributed by atoms with Crippen molar-refractivity contribution in [2.75, 3.05) is 31.1 Å². The Morgan fingerprint density at radius 3 is 2.25 bits per heavy atom. The number of anilines is 1. The van der Waals surface area contributed by atoms with Crippen molar-refractivity contribution in [3.63, 3.8) is 0 Å². The smallest absolute Gasteiger partial charge is 0.233 e. The van der Waals surface area contributed by atoms with Gasteiger partial charge in [0.25, 0.3) is 0 Å². The molecule has 0 radical (unpaired) electrons. The molecule has 1 aromatic carbocycles. The summed E-state index contributed by atoms with van der Waals surface area (Å²) in [6.07, 6.45) is 3.73. The fraction of sp³-hybridized carbons (Fsp3) is 0.520. The first-order chi connectivity index (χ1) is 15.2. The van der Waals surface area contributed by atoms with Crippen LogP contribution in [0.15, 0.2) is 30.5 Å². The van der Waals surface area contributed by atoms with Crippen LogP contribution in [0.3, 0.4) is 0 Å². The summed E-state index contributed by atoms with van der Waals surface area (Å²) in [6, 6.07) is 8.73. The van der Waals surface area contributed by atoms with Crippen LogP contribution in [-0.2, 0) is 22.7 Å². The van der Waals surface area contributed by atoms with Crippen LogP contribution >= 0.6 is 0 Å². The Balaban J connectivity index is 1.31. The number of aromatic nitrogens is 4. The van der Waals surface area contributed by atoms with E-state index in [4.69, 9.17) is 4.98 Å². The average molecular weight is 433 g/mol. The van der Waals surface area contributed by atoms with Crippen molar-refractivity contribution in [3.8, 4) is 0 Å². The molecule has 168 valence electrons. The molecule has 0 N–H and O–H groups in total. The lowest BCUT2D eigenvalue weighted by Crippen LogP contribution is -2.51. The molecule has 7 nitrogen and oxygen atoms in total. The number of hydrogen-bond acceptors (Lipinski definition) is 5. The molecule has 2 aliphatic rings. The molecule has 0 spiro atoms. The van der Waals surface area contributed by atoms with Gasteiger partial charge in [0.05, 0.1) is 17.0 Å². The first-order valence-corrected chi connectivity index (χ1v) is 11.5. The van der Waals surface area contributed by atoms with Gasteiger partial charge in [0.2, 0.25) is 5.91 Å². The summed E-state index contributed by atoms with van der Waals surface area (Å²) >= 11 is 0. The lowest BCUT2D eigenvalue weighted by atomic mass is 9.84. The first kappa shape index (κ1) is 20.9. The fourth-order valence-electron chi connectivity index (χ4n) is 4.82. The monoisotopic (exact) mass is 432 g/mol. The van der Waals surface area contributed by atoms with Crippen LogP contribution in [0.4, 0.5) is 5.82 Å². The molecule has 3 heterocycles. The molecule has 0 atom stereocenters. The standard InChI is InChI=1S/C25H32N6O/c1-17-27-21-20(16-26-29(21)5)22(28-17)30-12-14-31(15-13-30)23(32)25(10-11-25)19-8-6-18(7-9-19)24(2,3)4/h6-9,16H,10-15H2,1-5H3. The molecule has 2 fully saturated rings. The predicted octanol–water partition coefficient (Wildman–Crippen LogP) is 3.35. The van der Waals surface area contributed by atoms with E-state index in [0.29, 0.717) is 13.1 Å². The highest BCUT2D eigenvalue weighted by molar-refractivity contribution is 5.92. The zero-order valence-corrected chi connectivity index (χ0v) is 19.7. The summed E-state index contributed by atoms with van der Waals surface area (Å²) < 4.78 is 1.79. The second-order valence-electron chi connectivity index (χ2n) is 10.3. The molecule has 32 heavy (non-hydrogen) atoms. The number of carbonyl (C=O) groups excluding carboxylic acids is 1. The summed E-state index contributed by atoms with van der Waals surface area (Å²) in [6.45, 7) is 11.5. The van der Waals surface area contributed by atoms with E-state index < -0.39 is 0 Å². The summed E-state index contributed by atoms with van der Waals surface area (Å²) in [5.74, 6) is 1.95. The highest BCUT2D eigenvalue weighted by Crippen LogP contribution is 2.50. The molecule has 1 aliphatic heterocycles. The van der Waals surface area contributed by atoms with Crippen molar-refractivity contribution in [1.82, 2.24) is 24.6 Å². The fourth-order valence-corrected chi connectivity index (χ4v) is 4.82. The van der Waals surface area contributed by atoms with E-state index in [9.17, 15) is 4.79 Å². The molecule has 1 saturated heterocycles. The highest BCUT2D eigenvalue weighted by Gasteiger charge is 2.53. The van der Waals surface area contributed by atoms with E-state index in [1.54, 1.807) is 4.68 Å². The van der Waals surface area contributed by atoms with Crippen molar-refractivity contribution in [2.24, 2.45) is 7.05 Å². The second-order valence-corrected chi connectivity index (χ2v) is 10.3. The molecule has 3 aromatic rings. The SMILES string of the molecule is Cc1nc(N2CCN(C(=O)C3(c4ccc(C(C)(C)C)cc4)CC3)CC2)c2cnn(C)c2n1. The Labute approximate surface area is 189 Å². The summed E-state index contributed by atoms with van der Waals surface area (Å²) in [4.78, 5) is 27.1. The maximum Gasteiger partial charge on any atom is 0.233 e. The van der Waals surface area contributed by atoms with E-state index in [1.165, 1.54) is 11.1 Å². The molecular weight excluding hydrogens is 400 g/mol. The van der Waals surface area contributed by atoms with Gasteiger partial charge >= 0.3 is 0 Å². The van der Waals surface area contributed by atoms with E-state index in [0.717, 1.165) is 48.6 Å². The average Bonchev–Trinajstić information content (AvgIpc) is 3.51. The minimum Gasteiger partial charge on any atom is -0.352 e. The van der Waals surface area contributed by atoms with Crippen molar-refractivity contribution in [2.45, 2.75) is 51.4 Å². The zero-order valence-electron chi connectivity index (χ0n) is 19.7. The molecule has 7 heteroatoms. The maximum absolute atomic E-state index is 13.5. The normalized spacial score (nSPS) is 18.3. The van der Waals surface area contributed by atoms with Crippen molar-refractivity contribution >= 4 is 22.8 Å². The van der Waals surface area contributed by atoms with Crippen molar-refractivity contribution in [1.29, 1.82) is 0 Å². The lowest BCUT2D eigenvalue weighted by molar-refractivity contribution is -0.134. The van der Waals surface area contributed by atoms with Gasteiger partial charge in [-0.3, -0.25) is 9.48 Å². The third-order valence-electron chi connectivity index (χ3n) is 7.01. The largest absolute Gasteiger partial charge is 0.352 e. The van der Waals surface area contributed by atoms with Crippen LogP contribution in [0.1, 0.15) is 50.6 Å². The number of benzene rings is 1. The maximum atomic E-state index is 13.5. The van der Waals surface area contributed by atoms with E-state index in [2.05, 4.69) is 64.9 Å². The minimum absolute atomic E-state index is 0.120. The van der Waals surface area contributed by atoms with Gasteiger partial charge in [-0.2, -0.15) is 5.10 Å². The van der Waals surface area contributed by atoms with E-state index >= 15 is 0 Å². The van der Waals surface area contributed by atoms with Crippen LogP contribution in [0.25, 0.3) is 11.0 Å². The number of hydrogen-bond donors (Lipinski definition) is 0. The number of carbonyl (C=O) groups is 1. The van der Waals surface area contributed by atoms with Gasteiger partial charge in [-0.25, -0.2) is 9.97 Å². The molecule has 5 rings (SSSR count). The van der Waals surface area contributed by atoms with Crippen LogP contribution in [0, 0.1) is 6.92 Å². The Morgan fingerprint density at radius 2 is 1.66 bits per heavy atom. The van der Waals surface area contributed by atoms with Gasteiger partial charge in [-0.1, -0.05) is 45.0 Å². The molecule has 0 unspecified atom stereocenters. The quantitative estimate of drug-likeness (QED) is 0.635. The van der Waals surface area contributed by atoms with Crippen LogP contribution in [0.5, 0.6) is 0 Å². The summed E-state index contributed by atoms with van der Waals surface area (Å²) in [5, 5.41) is 5.32. The zero-order chi connectivity index (χ0) is 22.7. The molecule has 1 saturated carbocycles. The predicted molar refractivity (Wildman–Crippen MR) is 126 cm³/mol. The first-order valence-electron chi connectivity index (χ1n) is 11.5. The molecule has 0 bridgehead atoms. The van der Waals surface area contributed by atoms with Gasteiger partial charge in [-0.15, -0.1) is 0 Å². The number of amides is 1. The third kappa shape index (κ3) is 3.44. The van der Waals surface area contributed by atoms with Gasteiger partial charge in [0.15, 0.2) is 5.65 Å². The van der Waals surface area contributed by atoms with Crippen LogP contribution in [-0.4, -0.2) is 56.7 Å². The number of rotatable bonds is 3. The topological polar surface area (TPSA) is 67.2 Å². The molecule has 1 amide bonds. The Kier molecular flexibility index (Phi) is 4.76. The van der Waals surface area contributed by atoms with Gasteiger partial charge in [0, 0.05) is 33.2 Å². The van der Waals surface area contributed by atoms with E-state index in [1.807, 2.05) is 20.2 Å². The molecular formula is C25H32N6O. The van der Waals surface area contributed by atoms with Gasteiger partial charge in [0.1, 0.15) is 11.6 Å². The number of fused-ring (bicyclic) bond motifs is 1. The van der Waals surface area contributed by atoms with Crippen molar-refractivity contribution < 1.29 is 4.79 Å². The molecule has 1 aliphatic carbocycles. The second kappa shape index (κ2) is 7.29. The minimum atomic E-state index is -0.319. The number of piperazine rings is 1. The Bertz CT molecular complexity index is 1160. The molecule has 2 aromatic heterocycles. The third-order valence-corrected chi connectivity index (χ3v) is 7.01. The lowest BCUT2D eigenvalue weighted by Gasteiger charge is -2.37.